The summed E-state index contributed by atoms with van der Waals surface area (Å²) in [6.07, 6.45) is 4.94. The number of rotatable bonds is 4. The lowest BCUT2D eigenvalue weighted by Crippen LogP contribution is -2.24. The van der Waals surface area contributed by atoms with Gasteiger partial charge in [0.15, 0.2) is 17.4 Å². The van der Waals surface area contributed by atoms with Gasteiger partial charge in [0, 0.05) is 22.9 Å². The summed E-state index contributed by atoms with van der Waals surface area (Å²) in [6, 6.07) is 4.50. The van der Waals surface area contributed by atoms with E-state index in [9.17, 15) is 19.0 Å². The molecule has 0 spiro atoms. The van der Waals surface area contributed by atoms with E-state index >= 15 is 0 Å². The molecule has 11 heteroatoms. The number of aromatic hydroxyl groups is 2. The summed E-state index contributed by atoms with van der Waals surface area (Å²) < 4.78 is 29.0. The minimum Gasteiger partial charge on any atom is -0.494 e. The SMILES string of the molecule is Oc1cc(C=c2cnn3c(=NC4CC4)nc(Nc4cc(F)ccc4F)nc23)c(O)[nH]1. The van der Waals surface area contributed by atoms with Crippen LogP contribution in [-0.2, 0) is 0 Å². The highest BCUT2D eigenvalue weighted by atomic mass is 19.1. The normalized spacial score (nSPS) is 15.3. The molecule has 0 amide bonds. The molecule has 3 aromatic heterocycles. The summed E-state index contributed by atoms with van der Waals surface area (Å²) in [6.45, 7) is 0. The van der Waals surface area contributed by atoms with Crippen LogP contribution in [0.4, 0.5) is 20.4 Å². The lowest BCUT2D eigenvalue weighted by atomic mass is 10.2. The Labute approximate surface area is 167 Å². The van der Waals surface area contributed by atoms with Gasteiger partial charge >= 0.3 is 0 Å². The van der Waals surface area contributed by atoms with Crippen molar-refractivity contribution in [3.8, 4) is 11.8 Å². The zero-order valence-electron chi connectivity index (χ0n) is 15.3. The van der Waals surface area contributed by atoms with Crippen LogP contribution in [0.5, 0.6) is 11.8 Å². The first-order valence-electron chi connectivity index (χ1n) is 9.10. The number of nitrogens with zero attached hydrogens (tertiary/aromatic N) is 5. The van der Waals surface area contributed by atoms with Gasteiger partial charge in [-0.25, -0.2) is 13.8 Å². The predicted molar refractivity (Wildman–Crippen MR) is 102 cm³/mol. The molecule has 1 aliphatic carbocycles. The third kappa shape index (κ3) is 3.41. The van der Waals surface area contributed by atoms with Crippen molar-refractivity contribution in [1.82, 2.24) is 24.6 Å². The van der Waals surface area contributed by atoms with Crippen molar-refractivity contribution in [2.45, 2.75) is 18.9 Å². The molecule has 0 aliphatic heterocycles. The highest BCUT2D eigenvalue weighted by molar-refractivity contribution is 5.62. The molecule has 0 radical (unpaired) electrons. The molecule has 4 N–H and O–H groups in total. The first kappa shape index (κ1) is 18.0. The Bertz CT molecular complexity index is 1390. The summed E-state index contributed by atoms with van der Waals surface area (Å²) in [4.78, 5) is 15.6. The standard InChI is InChI=1S/C19H15F2N7O2/c20-11-1-4-13(21)14(7-11)24-18-26-16-10(5-9-6-15(29)25-17(9)30)8-22-28(16)19(27-18)23-12-2-3-12/h1,4-8,12,25,29-30H,2-3H2,(H,23,24,27). The molecule has 0 bridgehead atoms. The van der Waals surface area contributed by atoms with Crippen molar-refractivity contribution in [1.29, 1.82) is 0 Å². The molecule has 1 saturated carbocycles. The summed E-state index contributed by atoms with van der Waals surface area (Å²) in [7, 11) is 0. The fraction of sp³-hybridized carbons (Fsp3) is 0.158. The summed E-state index contributed by atoms with van der Waals surface area (Å²) in [5.41, 5.74) is 0.814. The third-order valence-corrected chi connectivity index (χ3v) is 4.52. The number of hydrogen-bond acceptors (Lipinski definition) is 7. The summed E-state index contributed by atoms with van der Waals surface area (Å²) in [5.74, 6) is -1.66. The fourth-order valence-electron chi connectivity index (χ4n) is 2.93. The Morgan fingerprint density at radius 3 is 2.77 bits per heavy atom. The second kappa shape index (κ2) is 6.79. The number of benzene rings is 1. The largest absolute Gasteiger partial charge is 0.494 e. The first-order chi connectivity index (χ1) is 14.5. The van der Waals surface area contributed by atoms with Crippen LogP contribution in [0.1, 0.15) is 18.4 Å². The molecule has 30 heavy (non-hydrogen) atoms. The number of halogens is 2. The van der Waals surface area contributed by atoms with Gasteiger partial charge in [0.1, 0.15) is 11.6 Å². The van der Waals surface area contributed by atoms with Crippen LogP contribution in [0.2, 0.25) is 0 Å². The zero-order chi connectivity index (χ0) is 20.8. The second-order valence-corrected chi connectivity index (χ2v) is 6.89. The molecule has 9 nitrogen and oxygen atoms in total. The van der Waals surface area contributed by atoms with E-state index < -0.39 is 11.6 Å². The lowest BCUT2D eigenvalue weighted by Gasteiger charge is -2.06. The van der Waals surface area contributed by atoms with E-state index in [1.54, 1.807) is 6.08 Å². The van der Waals surface area contributed by atoms with Crippen LogP contribution < -0.4 is 16.2 Å². The molecule has 5 rings (SSSR count). The third-order valence-electron chi connectivity index (χ3n) is 4.52. The van der Waals surface area contributed by atoms with Gasteiger partial charge in [-0.15, -0.1) is 0 Å². The van der Waals surface area contributed by atoms with Crippen LogP contribution in [-0.4, -0.2) is 40.8 Å². The maximum atomic E-state index is 14.1. The molecule has 0 atom stereocenters. The van der Waals surface area contributed by atoms with Crippen LogP contribution in [0.25, 0.3) is 11.7 Å². The van der Waals surface area contributed by atoms with E-state index in [2.05, 4.69) is 30.4 Å². The van der Waals surface area contributed by atoms with Gasteiger partial charge < -0.3 is 15.5 Å². The van der Waals surface area contributed by atoms with Gasteiger partial charge in [-0.3, -0.25) is 4.98 Å². The Morgan fingerprint density at radius 1 is 1.20 bits per heavy atom. The quantitative estimate of drug-likeness (QED) is 0.404. The molecule has 3 heterocycles. The number of H-pyrrole nitrogens is 1. The number of fused-ring (bicyclic) bond motifs is 1. The van der Waals surface area contributed by atoms with Gasteiger partial charge in [0.2, 0.25) is 5.95 Å². The van der Waals surface area contributed by atoms with E-state index in [4.69, 9.17) is 0 Å². The highest BCUT2D eigenvalue weighted by Gasteiger charge is 2.21. The number of anilines is 2. The number of aromatic nitrogens is 5. The smallest absolute Gasteiger partial charge is 0.251 e. The monoisotopic (exact) mass is 411 g/mol. The van der Waals surface area contributed by atoms with Crippen LogP contribution >= 0.6 is 0 Å². The molecular weight excluding hydrogens is 396 g/mol. The van der Waals surface area contributed by atoms with Crippen LogP contribution in [0, 0.1) is 11.6 Å². The Balaban J connectivity index is 1.68. The molecule has 0 saturated heterocycles. The van der Waals surface area contributed by atoms with Gasteiger partial charge in [-0.2, -0.15) is 19.6 Å². The van der Waals surface area contributed by atoms with Crippen molar-refractivity contribution in [2.75, 3.05) is 5.32 Å². The van der Waals surface area contributed by atoms with E-state index in [0.29, 0.717) is 16.4 Å². The van der Waals surface area contributed by atoms with Gasteiger partial charge in [-0.1, -0.05) is 0 Å². The second-order valence-electron chi connectivity index (χ2n) is 6.89. The Morgan fingerprint density at radius 2 is 2.03 bits per heavy atom. The molecule has 152 valence electrons. The average molecular weight is 411 g/mol. The molecular formula is C19H15F2N7O2. The van der Waals surface area contributed by atoms with Gasteiger partial charge in [-0.05, 0) is 31.1 Å². The Hall–Kier alpha value is -4.02. The minimum atomic E-state index is -0.659. The lowest BCUT2D eigenvalue weighted by molar-refractivity contribution is 0.425. The zero-order valence-corrected chi connectivity index (χ0v) is 15.3. The maximum Gasteiger partial charge on any atom is 0.251 e. The van der Waals surface area contributed by atoms with Crippen LogP contribution in [0.15, 0.2) is 35.5 Å². The van der Waals surface area contributed by atoms with Crippen molar-refractivity contribution in [3.63, 3.8) is 0 Å². The van der Waals surface area contributed by atoms with E-state index in [-0.39, 0.29) is 35.1 Å². The van der Waals surface area contributed by atoms with E-state index in [0.717, 1.165) is 31.0 Å². The van der Waals surface area contributed by atoms with E-state index in [1.807, 2.05) is 0 Å². The minimum absolute atomic E-state index is 0.0164. The van der Waals surface area contributed by atoms with Crippen molar-refractivity contribution in [2.24, 2.45) is 4.99 Å². The topological polar surface area (TPSA) is 124 Å². The molecule has 1 aromatic carbocycles. The Kier molecular flexibility index (Phi) is 4.09. The van der Waals surface area contributed by atoms with Crippen molar-refractivity contribution >= 4 is 23.4 Å². The first-order valence-corrected chi connectivity index (χ1v) is 9.10. The molecule has 1 fully saturated rings. The highest BCUT2D eigenvalue weighted by Crippen LogP contribution is 2.23. The van der Waals surface area contributed by atoms with Gasteiger partial charge in [0.05, 0.1) is 17.9 Å². The van der Waals surface area contributed by atoms with Crippen LogP contribution in [0.3, 0.4) is 0 Å². The maximum absolute atomic E-state index is 14.1. The number of nitrogens with one attached hydrogen (secondary N) is 2. The molecule has 1 aliphatic rings. The predicted octanol–water partition coefficient (Wildman–Crippen LogP) is 1.50. The van der Waals surface area contributed by atoms with E-state index in [1.165, 1.54) is 16.8 Å². The molecule has 4 aromatic rings. The molecule has 0 unspecified atom stereocenters. The number of aromatic amines is 1. The fourth-order valence-corrected chi connectivity index (χ4v) is 2.93. The number of hydrogen-bond donors (Lipinski definition) is 4. The summed E-state index contributed by atoms with van der Waals surface area (Å²) >= 11 is 0. The van der Waals surface area contributed by atoms with Gasteiger partial charge in [0.25, 0.3) is 5.62 Å². The van der Waals surface area contributed by atoms with Crippen molar-refractivity contribution in [3.05, 3.63) is 58.5 Å². The average Bonchev–Trinajstić information content (AvgIpc) is 3.34. The van der Waals surface area contributed by atoms with Crippen molar-refractivity contribution < 1.29 is 19.0 Å². The summed E-state index contributed by atoms with van der Waals surface area (Å²) in [5, 5.41) is 26.8.